The third-order valence-corrected chi connectivity index (χ3v) is 7.92. The first kappa shape index (κ1) is 28.4. The molecule has 1 amide bonds. The highest BCUT2D eigenvalue weighted by Crippen LogP contribution is 2.35. The number of amides is 1. The van der Waals surface area contributed by atoms with Crippen LogP contribution < -0.4 is 10.1 Å². The van der Waals surface area contributed by atoms with Crippen molar-refractivity contribution in [2.45, 2.75) is 63.8 Å². The standard InChI is InChI=1S/C30H38N2O4S/c1-29(2,3)23-13-18-27(26(19-23)30(4,5)6)36-21-28(33)31-24-14-16-25(17-15-24)37(34,35)32(7)20-22-11-9-8-10-12-22/h8-19H,20-21H2,1-7H3,(H,31,33). The number of hydrogen-bond acceptors (Lipinski definition) is 4. The van der Waals surface area contributed by atoms with Gasteiger partial charge in [0.15, 0.2) is 6.61 Å². The van der Waals surface area contributed by atoms with Crippen molar-refractivity contribution in [3.8, 4) is 5.75 Å². The molecule has 0 spiro atoms. The molecular formula is C30H38N2O4S. The van der Waals surface area contributed by atoms with E-state index in [9.17, 15) is 13.2 Å². The van der Waals surface area contributed by atoms with Crippen molar-refractivity contribution < 1.29 is 17.9 Å². The van der Waals surface area contributed by atoms with E-state index >= 15 is 0 Å². The molecule has 0 aliphatic rings. The van der Waals surface area contributed by atoms with E-state index in [0.717, 1.165) is 11.1 Å². The molecule has 37 heavy (non-hydrogen) atoms. The first-order chi connectivity index (χ1) is 17.2. The zero-order valence-corrected chi connectivity index (χ0v) is 23.6. The lowest BCUT2D eigenvalue weighted by molar-refractivity contribution is -0.118. The maximum Gasteiger partial charge on any atom is 0.262 e. The predicted octanol–water partition coefficient (Wildman–Crippen LogP) is 6.12. The van der Waals surface area contributed by atoms with Crippen molar-refractivity contribution in [2.24, 2.45) is 0 Å². The molecule has 0 aromatic heterocycles. The second kappa shape index (κ2) is 11.1. The molecule has 0 saturated carbocycles. The molecule has 0 aliphatic carbocycles. The smallest absolute Gasteiger partial charge is 0.262 e. The molecule has 1 N–H and O–H groups in total. The van der Waals surface area contributed by atoms with Crippen LogP contribution >= 0.6 is 0 Å². The summed E-state index contributed by atoms with van der Waals surface area (Å²) in [6, 6.07) is 21.7. The van der Waals surface area contributed by atoms with Crippen LogP contribution in [0.4, 0.5) is 5.69 Å². The van der Waals surface area contributed by atoms with Gasteiger partial charge in [0.1, 0.15) is 5.75 Å². The van der Waals surface area contributed by atoms with Crippen LogP contribution in [-0.2, 0) is 32.2 Å². The number of nitrogens with one attached hydrogen (secondary N) is 1. The van der Waals surface area contributed by atoms with Crippen molar-refractivity contribution >= 4 is 21.6 Å². The van der Waals surface area contributed by atoms with Gasteiger partial charge in [-0.25, -0.2) is 8.42 Å². The third-order valence-electron chi connectivity index (χ3n) is 6.11. The zero-order valence-electron chi connectivity index (χ0n) is 22.8. The van der Waals surface area contributed by atoms with E-state index < -0.39 is 10.0 Å². The normalized spacial score (nSPS) is 12.4. The van der Waals surface area contributed by atoms with Crippen LogP contribution in [-0.4, -0.2) is 32.3 Å². The molecule has 7 heteroatoms. The lowest BCUT2D eigenvalue weighted by atomic mass is 9.80. The van der Waals surface area contributed by atoms with Gasteiger partial charge < -0.3 is 10.1 Å². The SMILES string of the molecule is CN(Cc1ccccc1)S(=O)(=O)c1ccc(NC(=O)COc2ccc(C(C)(C)C)cc2C(C)(C)C)cc1. The molecule has 0 atom stereocenters. The Morgan fingerprint density at radius 3 is 2.05 bits per heavy atom. The highest BCUT2D eigenvalue weighted by molar-refractivity contribution is 7.89. The molecule has 0 bridgehead atoms. The Balaban J connectivity index is 1.65. The van der Waals surface area contributed by atoms with Crippen molar-refractivity contribution in [3.63, 3.8) is 0 Å². The molecule has 0 saturated heterocycles. The van der Waals surface area contributed by atoms with Crippen LogP contribution in [0.25, 0.3) is 0 Å². The van der Waals surface area contributed by atoms with Gasteiger partial charge in [-0.05, 0) is 57.9 Å². The van der Waals surface area contributed by atoms with Crippen LogP contribution in [0.2, 0.25) is 0 Å². The lowest BCUT2D eigenvalue weighted by Gasteiger charge is -2.27. The number of hydrogen-bond donors (Lipinski definition) is 1. The van der Waals surface area contributed by atoms with Crippen molar-refractivity contribution in [3.05, 3.63) is 89.5 Å². The molecule has 0 radical (unpaired) electrons. The largest absolute Gasteiger partial charge is 0.483 e. The molecule has 198 valence electrons. The number of rotatable bonds is 8. The van der Waals surface area contributed by atoms with E-state index in [4.69, 9.17) is 4.74 Å². The first-order valence-corrected chi connectivity index (χ1v) is 13.8. The summed E-state index contributed by atoms with van der Waals surface area (Å²) in [7, 11) is -2.11. The van der Waals surface area contributed by atoms with E-state index in [1.165, 1.54) is 22.0 Å². The highest BCUT2D eigenvalue weighted by Gasteiger charge is 2.24. The number of nitrogens with zero attached hydrogens (tertiary/aromatic N) is 1. The Morgan fingerprint density at radius 2 is 1.49 bits per heavy atom. The molecule has 0 aliphatic heterocycles. The summed E-state index contributed by atoms with van der Waals surface area (Å²) in [4.78, 5) is 12.8. The van der Waals surface area contributed by atoms with Crippen molar-refractivity contribution in [1.82, 2.24) is 4.31 Å². The van der Waals surface area contributed by atoms with E-state index in [-0.39, 0.29) is 34.8 Å². The van der Waals surface area contributed by atoms with Crippen LogP contribution in [0.5, 0.6) is 5.75 Å². The van der Waals surface area contributed by atoms with Gasteiger partial charge in [-0.2, -0.15) is 4.31 Å². The number of anilines is 1. The Kier molecular flexibility index (Phi) is 8.50. The maximum absolute atomic E-state index is 12.9. The molecular weight excluding hydrogens is 484 g/mol. The monoisotopic (exact) mass is 522 g/mol. The second-order valence-corrected chi connectivity index (χ2v) is 13.4. The summed E-state index contributed by atoms with van der Waals surface area (Å²) in [6.07, 6.45) is 0. The summed E-state index contributed by atoms with van der Waals surface area (Å²) in [6.45, 7) is 13.0. The Hall–Kier alpha value is -3.16. The van der Waals surface area contributed by atoms with Gasteiger partial charge in [0.05, 0.1) is 4.90 Å². The summed E-state index contributed by atoms with van der Waals surface area (Å²) in [5.41, 5.74) is 3.51. The molecule has 0 heterocycles. The van der Waals surface area contributed by atoms with Crippen molar-refractivity contribution in [1.29, 1.82) is 0 Å². The maximum atomic E-state index is 12.9. The van der Waals surface area contributed by atoms with E-state index in [1.807, 2.05) is 42.5 Å². The van der Waals surface area contributed by atoms with Gasteiger partial charge in [0.2, 0.25) is 10.0 Å². The fourth-order valence-corrected chi connectivity index (χ4v) is 5.02. The summed E-state index contributed by atoms with van der Waals surface area (Å²) >= 11 is 0. The number of carbonyl (C=O) groups excluding carboxylic acids is 1. The van der Waals surface area contributed by atoms with Gasteiger partial charge in [0.25, 0.3) is 5.91 Å². The van der Waals surface area contributed by atoms with E-state index in [1.54, 1.807) is 19.2 Å². The van der Waals surface area contributed by atoms with Gasteiger partial charge in [-0.15, -0.1) is 0 Å². The molecule has 0 unspecified atom stereocenters. The second-order valence-electron chi connectivity index (χ2n) is 11.3. The number of sulfonamides is 1. The Labute approximate surface area is 221 Å². The average Bonchev–Trinajstić information content (AvgIpc) is 2.82. The van der Waals surface area contributed by atoms with Gasteiger partial charge in [0, 0.05) is 19.3 Å². The Morgan fingerprint density at radius 1 is 0.865 bits per heavy atom. The molecule has 3 aromatic carbocycles. The van der Waals surface area contributed by atoms with Gasteiger partial charge in [-0.1, -0.05) is 84.0 Å². The molecule has 3 rings (SSSR count). The van der Waals surface area contributed by atoms with Crippen molar-refractivity contribution in [2.75, 3.05) is 19.0 Å². The summed E-state index contributed by atoms with van der Waals surface area (Å²) < 4.78 is 33.1. The predicted molar refractivity (Wildman–Crippen MR) is 150 cm³/mol. The van der Waals surface area contributed by atoms with E-state index in [0.29, 0.717) is 11.4 Å². The average molecular weight is 523 g/mol. The lowest BCUT2D eigenvalue weighted by Crippen LogP contribution is -2.26. The van der Waals surface area contributed by atoms with Gasteiger partial charge >= 0.3 is 0 Å². The molecule has 6 nitrogen and oxygen atoms in total. The minimum atomic E-state index is -3.67. The first-order valence-electron chi connectivity index (χ1n) is 12.4. The van der Waals surface area contributed by atoms with Crippen LogP contribution in [0.3, 0.4) is 0 Å². The minimum Gasteiger partial charge on any atom is -0.483 e. The van der Waals surface area contributed by atoms with Crippen LogP contribution in [0, 0.1) is 0 Å². The minimum absolute atomic E-state index is 0.00585. The number of carbonyl (C=O) groups is 1. The topological polar surface area (TPSA) is 75.7 Å². The molecule has 3 aromatic rings. The quantitative estimate of drug-likeness (QED) is 0.387. The Bertz CT molecular complexity index is 1320. The highest BCUT2D eigenvalue weighted by atomic mass is 32.2. The third kappa shape index (κ3) is 7.43. The number of ether oxygens (including phenoxy) is 1. The van der Waals surface area contributed by atoms with E-state index in [2.05, 4.69) is 52.9 Å². The zero-order chi connectivity index (χ0) is 27.4. The molecule has 0 fully saturated rings. The fraction of sp³-hybridized carbons (Fsp3) is 0.367. The summed E-state index contributed by atoms with van der Waals surface area (Å²) in [5.74, 6) is 0.357. The fourth-order valence-electron chi connectivity index (χ4n) is 3.86. The number of benzene rings is 3. The van der Waals surface area contributed by atoms with Crippen LogP contribution in [0.1, 0.15) is 58.2 Å². The van der Waals surface area contributed by atoms with Crippen LogP contribution in [0.15, 0.2) is 77.7 Å². The van der Waals surface area contributed by atoms with Gasteiger partial charge in [-0.3, -0.25) is 4.79 Å². The summed E-state index contributed by atoms with van der Waals surface area (Å²) in [5, 5.41) is 2.78.